The Morgan fingerprint density at radius 1 is 0.551 bits per heavy atom. The molecule has 0 spiro atoms. The minimum Gasteiger partial charge on any atom is -0.319 e. The Labute approximate surface area is 289 Å². The van der Waals surface area contributed by atoms with Crippen molar-refractivity contribution in [2.75, 3.05) is 0 Å². The van der Waals surface area contributed by atoms with E-state index >= 15 is 0 Å². The Hall–Kier alpha value is -5.32. The van der Waals surface area contributed by atoms with Gasteiger partial charge in [-0.05, 0) is 104 Å². The van der Waals surface area contributed by atoms with E-state index in [-0.39, 0.29) is 16.2 Å². The van der Waals surface area contributed by atoms with Crippen LogP contribution in [0.25, 0.3) is 59.8 Å². The zero-order valence-electron chi connectivity index (χ0n) is 30.2. The molecule has 4 heteroatoms. The number of rotatable bonds is 2. The van der Waals surface area contributed by atoms with Crippen molar-refractivity contribution in [3.8, 4) is 17.4 Å². The van der Waals surface area contributed by atoms with E-state index in [1.165, 1.54) is 22.3 Å². The summed E-state index contributed by atoms with van der Waals surface area (Å²) in [6, 6.07) is 29.0. The first kappa shape index (κ1) is 31.0. The molecule has 0 saturated heterocycles. The van der Waals surface area contributed by atoms with Crippen LogP contribution < -0.4 is 0 Å². The van der Waals surface area contributed by atoms with Crippen molar-refractivity contribution in [3.63, 3.8) is 0 Å². The molecule has 0 unspecified atom stereocenters. The second-order valence-electron chi connectivity index (χ2n) is 16.0. The van der Waals surface area contributed by atoms with Crippen molar-refractivity contribution in [2.45, 2.75) is 80.1 Å². The SMILES string of the molecule is [C-]#[N+]c1c(C#N)c(-n2c3ccc(C)cc3c3cc(C)ccc32)c2c(c1-n1c3ccc(C)cc3c3cc(C)ccc31)C(C)(C)C(C)(C)C2(C)C. The van der Waals surface area contributed by atoms with Crippen LogP contribution in [-0.2, 0) is 10.8 Å². The highest BCUT2D eigenvalue weighted by molar-refractivity contribution is 6.12. The van der Waals surface area contributed by atoms with E-state index in [2.05, 4.69) is 162 Å². The molecule has 7 aromatic rings. The van der Waals surface area contributed by atoms with Crippen molar-refractivity contribution >= 4 is 49.3 Å². The molecule has 2 aromatic heterocycles. The van der Waals surface area contributed by atoms with Crippen LogP contribution in [0.3, 0.4) is 0 Å². The Balaban J connectivity index is 1.68. The lowest BCUT2D eigenvalue weighted by atomic mass is 9.59. The van der Waals surface area contributed by atoms with E-state index in [1.807, 2.05) is 0 Å². The zero-order valence-corrected chi connectivity index (χ0v) is 30.2. The Kier molecular flexibility index (Phi) is 6.24. The summed E-state index contributed by atoms with van der Waals surface area (Å²) in [6.45, 7) is 31.5. The number of benzene rings is 5. The molecule has 4 nitrogen and oxygen atoms in total. The van der Waals surface area contributed by atoms with Crippen LogP contribution >= 0.6 is 0 Å². The number of aromatic nitrogens is 2. The van der Waals surface area contributed by atoms with Crippen molar-refractivity contribution in [3.05, 3.63) is 123 Å². The molecule has 49 heavy (non-hydrogen) atoms. The van der Waals surface area contributed by atoms with Gasteiger partial charge in [-0.25, -0.2) is 4.85 Å². The smallest absolute Gasteiger partial charge is 0.230 e. The summed E-state index contributed by atoms with van der Waals surface area (Å²) in [5.74, 6) is 0. The number of nitrogens with zero attached hydrogens (tertiary/aromatic N) is 4. The first-order chi connectivity index (χ1) is 23.1. The molecule has 0 radical (unpaired) electrons. The van der Waals surface area contributed by atoms with E-state index in [1.54, 1.807) is 0 Å². The summed E-state index contributed by atoms with van der Waals surface area (Å²) in [5, 5.41) is 16.0. The number of nitriles is 1. The highest BCUT2D eigenvalue weighted by Gasteiger charge is 2.60. The van der Waals surface area contributed by atoms with Gasteiger partial charge in [-0.15, -0.1) is 0 Å². The maximum absolute atomic E-state index is 11.3. The van der Waals surface area contributed by atoms with Gasteiger partial charge in [0.25, 0.3) is 0 Å². The van der Waals surface area contributed by atoms with Gasteiger partial charge < -0.3 is 9.13 Å². The van der Waals surface area contributed by atoms with E-state index in [4.69, 9.17) is 6.57 Å². The van der Waals surface area contributed by atoms with Gasteiger partial charge in [0.1, 0.15) is 0 Å². The Morgan fingerprint density at radius 2 is 0.878 bits per heavy atom. The van der Waals surface area contributed by atoms with Gasteiger partial charge in [0.15, 0.2) is 0 Å². The lowest BCUT2D eigenvalue weighted by Crippen LogP contribution is -2.42. The fourth-order valence-electron chi connectivity index (χ4n) is 8.97. The third-order valence-corrected chi connectivity index (χ3v) is 12.6. The molecule has 0 aliphatic heterocycles. The summed E-state index contributed by atoms with van der Waals surface area (Å²) < 4.78 is 4.61. The fraction of sp³-hybridized carbons (Fsp3) is 0.289. The van der Waals surface area contributed by atoms with E-state index in [0.717, 1.165) is 66.1 Å². The summed E-state index contributed by atoms with van der Waals surface area (Å²) in [5.41, 5.74) is 12.8. The Morgan fingerprint density at radius 3 is 1.20 bits per heavy atom. The van der Waals surface area contributed by atoms with Crippen LogP contribution in [0, 0.1) is 51.0 Å². The molecule has 8 rings (SSSR count). The van der Waals surface area contributed by atoms with Crippen LogP contribution in [0.5, 0.6) is 0 Å². The molecule has 0 bridgehead atoms. The maximum Gasteiger partial charge on any atom is 0.230 e. The van der Waals surface area contributed by atoms with Crippen LogP contribution in [0.15, 0.2) is 72.8 Å². The van der Waals surface area contributed by atoms with Gasteiger partial charge in [0.2, 0.25) is 5.69 Å². The number of hydrogen-bond acceptors (Lipinski definition) is 1. The molecule has 0 fully saturated rings. The van der Waals surface area contributed by atoms with Gasteiger partial charge >= 0.3 is 0 Å². The quantitative estimate of drug-likeness (QED) is 0.174. The van der Waals surface area contributed by atoms with E-state index in [0.29, 0.717) is 11.3 Å². The highest BCUT2D eigenvalue weighted by atomic mass is 15.0. The second-order valence-corrected chi connectivity index (χ2v) is 16.0. The van der Waals surface area contributed by atoms with Crippen LogP contribution in [0.2, 0.25) is 0 Å². The third-order valence-electron chi connectivity index (χ3n) is 12.6. The van der Waals surface area contributed by atoms with Crippen molar-refractivity contribution in [1.82, 2.24) is 9.13 Å². The molecule has 242 valence electrons. The average Bonchev–Trinajstić information content (AvgIpc) is 3.56. The molecule has 1 aliphatic carbocycles. The second kappa shape index (κ2) is 9.87. The molecule has 2 heterocycles. The van der Waals surface area contributed by atoms with Crippen LogP contribution in [-0.4, -0.2) is 9.13 Å². The maximum atomic E-state index is 11.3. The summed E-state index contributed by atoms with van der Waals surface area (Å²) >= 11 is 0. The molecular weight excluding hydrogens is 597 g/mol. The summed E-state index contributed by atoms with van der Waals surface area (Å²) in [7, 11) is 0. The molecule has 1 aliphatic rings. The topological polar surface area (TPSA) is 38.0 Å². The van der Waals surface area contributed by atoms with Gasteiger partial charge in [-0.2, -0.15) is 5.26 Å². The molecule has 0 amide bonds. The van der Waals surface area contributed by atoms with E-state index in [9.17, 15) is 5.26 Å². The number of fused-ring (bicyclic) bond motifs is 7. The predicted octanol–water partition coefficient (Wildman–Crippen LogP) is 12.1. The zero-order chi connectivity index (χ0) is 34.9. The van der Waals surface area contributed by atoms with Crippen molar-refractivity contribution in [1.29, 1.82) is 5.26 Å². The van der Waals surface area contributed by atoms with Gasteiger partial charge in [-0.1, -0.05) is 88.1 Å². The lowest BCUT2D eigenvalue weighted by Gasteiger charge is -2.45. The lowest BCUT2D eigenvalue weighted by molar-refractivity contribution is 0.125. The van der Waals surface area contributed by atoms with Crippen molar-refractivity contribution in [2.24, 2.45) is 5.41 Å². The summed E-state index contributed by atoms with van der Waals surface area (Å²) in [6.07, 6.45) is 0. The molecule has 0 saturated carbocycles. The van der Waals surface area contributed by atoms with Crippen molar-refractivity contribution < 1.29 is 0 Å². The Bertz CT molecular complexity index is 2390. The first-order valence-electron chi connectivity index (χ1n) is 17.2. The predicted molar refractivity (Wildman–Crippen MR) is 205 cm³/mol. The van der Waals surface area contributed by atoms with Crippen LogP contribution in [0.1, 0.15) is 80.5 Å². The molecule has 0 N–H and O–H groups in total. The highest BCUT2D eigenvalue weighted by Crippen LogP contribution is 2.66. The largest absolute Gasteiger partial charge is 0.319 e. The third kappa shape index (κ3) is 3.78. The average molecular weight is 639 g/mol. The van der Waals surface area contributed by atoms with E-state index < -0.39 is 0 Å². The number of hydrogen-bond donors (Lipinski definition) is 0. The van der Waals surface area contributed by atoms with Gasteiger partial charge in [-0.3, -0.25) is 0 Å². The summed E-state index contributed by atoms with van der Waals surface area (Å²) in [4.78, 5) is 4.34. The fourth-order valence-corrected chi connectivity index (χ4v) is 8.97. The normalized spacial score (nSPS) is 16.0. The minimum absolute atomic E-state index is 0.239. The van der Waals surface area contributed by atoms with Crippen LogP contribution in [0.4, 0.5) is 5.69 Å². The standard InChI is InChI=1S/C45H42N4/c1-25-12-16-34-29(20-25)30-21-26(2)13-17-35(30)48(34)41-33(24-46)40(47-11)42(39-38(41)43(5,6)45(9,10)44(39,7)8)49-36-18-14-27(3)22-31(36)32-23-28(4)15-19-37(32)49/h12-23H,1-10H3. The number of aryl methyl sites for hydroxylation is 4. The van der Waals surface area contributed by atoms with Gasteiger partial charge in [0.05, 0.1) is 51.6 Å². The minimum atomic E-state index is -0.369. The molecule has 5 aromatic carbocycles. The first-order valence-corrected chi connectivity index (χ1v) is 17.2. The molecule has 0 atom stereocenters. The molecular formula is C45H42N4. The monoisotopic (exact) mass is 638 g/mol. The van der Waals surface area contributed by atoms with Gasteiger partial charge in [0, 0.05) is 21.5 Å².